The third-order valence-corrected chi connectivity index (χ3v) is 6.23. The van der Waals surface area contributed by atoms with E-state index in [9.17, 15) is 9.59 Å². The molecule has 2 heterocycles. The molecule has 1 fully saturated rings. The molecule has 5 heteroatoms. The Morgan fingerprint density at radius 3 is 2.17 bits per heavy atom. The summed E-state index contributed by atoms with van der Waals surface area (Å²) in [5, 5.41) is 0. The zero-order valence-electron chi connectivity index (χ0n) is 17.2. The van der Waals surface area contributed by atoms with Crippen LogP contribution in [0.25, 0.3) is 0 Å². The van der Waals surface area contributed by atoms with Crippen LogP contribution in [0.2, 0.25) is 0 Å². The molecule has 2 aliphatic rings. The highest BCUT2D eigenvalue weighted by atomic mass is 16.5. The van der Waals surface area contributed by atoms with Gasteiger partial charge < -0.3 is 9.47 Å². The van der Waals surface area contributed by atoms with Crippen molar-refractivity contribution in [3.8, 4) is 5.75 Å². The largest absolute Gasteiger partial charge is 0.497 e. The van der Waals surface area contributed by atoms with Crippen molar-refractivity contribution in [2.24, 2.45) is 0 Å². The molecule has 29 heavy (non-hydrogen) atoms. The zero-order valence-corrected chi connectivity index (χ0v) is 17.2. The van der Waals surface area contributed by atoms with E-state index < -0.39 is 0 Å². The Hall–Kier alpha value is -2.66. The highest BCUT2D eigenvalue weighted by molar-refractivity contribution is 6.21. The van der Waals surface area contributed by atoms with Crippen molar-refractivity contribution in [3.05, 3.63) is 65.2 Å². The van der Waals surface area contributed by atoms with Gasteiger partial charge in [-0.15, -0.1) is 0 Å². The van der Waals surface area contributed by atoms with Crippen LogP contribution in [-0.2, 0) is 10.2 Å². The van der Waals surface area contributed by atoms with Gasteiger partial charge in [0, 0.05) is 18.6 Å². The van der Waals surface area contributed by atoms with Crippen molar-refractivity contribution in [1.82, 2.24) is 4.90 Å². The second-order valence-electron chi connectivity index (χ2n) is 8.60. The first-order valence-electron chi connectivity index (χ1n) is 10.1. The number of methoxy groups -OCH3 is 1. The van der Waals surface area contributed by atoms with Crippen molar-refractivity contribution in [2.75, 3.05) is 20.3 Å². The summed E-state index contributed by atoms with van der Waals surface area (Å²) in [7, 11) is 1.66. The number of nitrogens with zero attached hydrogens (tertiary/aromatic N) is 1. The fourth-order valence-electron chi connectivity index (χ4n) is 4.79. The van der Waals surface area contributed by atoms with Gasteiger partial charge in [0.2, 0.25) is 0 Å². The smallest absolute Gasteiger partial charge is 0.261 e. The number of carbonyl (C=O) groups excluding carboxylic acids is 2. The molecule has 2 amide bonds. The maximum absolute atomic E-state index is 12.8. The standard InChI is InChI=1S/C24H27NO4/c1-23(2)16-24(13-15-29-23,17-8-10-18(28-3)11-9-17)12-14-25-21(26)19-6-4-5-7-20(19)22(25)27/h4-11H,12-16H2,1-3H3. The van der Waals surface area contributed by atoms with Crippen LogP contribution in [0.15, 0.2) is 48.5 Å². The van der Waals surface area contributed by atoms with Crippen LogP contribution in [0.1, 0.15) is 59.4 Å². The molecule has 0 radical (unpaired) electrons. The molecule has 5 nitrogen and oxygen atoms in total. The number of benzene rings is 2. The van der Waals surface area contributed by atoms with E-state index in [-0.39, 0.29) is 22.8 Å². The van der Waals surface area contributed by atoms with E-state index in [1.54, 1.807) is 31.4 Å². The summed E-state index contributed by atoms with van der Waals surface area (Å²) in [5.41, 5.74) is 1.78. The minimum Gasteiger partial charge on any atom is -0.497 e. The molecule has 4 rings (SSSR count). The summed E-state index contributed by atoms with van der Waals surface area (Å²) in [6.07, 6.45) is 2.39. The Morgan fingerprint density at radius 1 is 1.00 bits per heavy atom. The van der Waals surface area contributed by atoms with E-state index in [0.717, 1.165) is 18.6 Å². The molecule has 2 aromatic carbocycles. The number of carbonyl (C=O) groups is 2. The van der Waals surface area contributed by atoms with E-state index in [1.165, 1.54) is 10.5 Å². The predicted octanol–water partition coefficient (Wildman–Crippen LogP) is 4.21. The fourth-order valence-corrected chi connectivity index (χ4v) is 4.79. The number of ether oxygens (including phenoxy) is 2. The van der Waals surface area contributed by atoms with Crippen LogP contribution in [0.4, 0.5) is 0 Å². The van der Waals surface area contributed by atoms with Gasteiger partial charge in [-0.1, -0.05) is 24.3 Å². The van der Waals surface area contributed by atoms with E-state index in [1.807, 2.05) is 12.1 Å². The number of fused-ring (bicyclic) bond motifs is 1. The van der Waals surface area contributed by atoms with Gasteiger partial charge >= 0.3 is 0 Å². The molecule has 152 valence electrons. The molecule has 1 saturated heterocycles. The third-order valence-electron chi connectivity index (χ3n) is 6.23. The predicted molar refractivity (Wildman–Crippen MR) is 110 cm³/mol. The minimum absolute atomic E-state index is 0.163. The number of hydrogen-bond acceptors (Lipinski definition) is 4. The van der Waals surface area contributed by atoms with E-state index >= 15 is 0 Å². The number of amides is 2. The average Bonchev–Trinajstić information content (AvgIpc) is 2.96. The summed E-state index contributed by atoms with van der Waals surface area (Å²) in [6.45, 7) is 5.26. The van der Waals surface area contributed by atoms with Crippen molar-refractivity contribution >= 4 is 11.8 Å². The Bertz CT molecular complexity index is 899. The van der Waals surface area contributed by atoms with Crippen LogP contribution >= 0.6 is 0 Å². The Balaban J connectivity index is 1.61. The maximum atomic E-state index is 12.8. The van der Waals surface area contributed by atoms with Crippen LogP contribution in [0, 0.1) is 0 Å². The maximum Gasteiger partial charge on any atom is 0.261 e. The molecule has 0 N–H and O–H groups in total. The zero-order chi connectivity index (χ0) is 20.6. The van der Waals surface area contributed by atoms with Gasteiger partial charge in [-0.3, -0.25) is 14.5 Å². The Kier molecular flexibility index (Phi) is 4.95. The second kappa shape index (κ2) is 7.30. The van der Waals surface area contributed by atoms with Gasteiger partial charge in [-0.2, -0.15) is 0 Å². The van der Waals surface area contributed by atoms with Crippen molar-refractivity contribution in [1.29, 1.82) is 0 Å². The molecule has 2 aromatic rings. The van der Waals surface area contributed by atoms with Gasteiger partial charge in [0.1, 0.15) is 5.75 Å². The van der Waals surface area contributed by atoms with Crippen molar-refractivity contribution in [3.63, 3.8) is 0 Å². The second-order valence-corrected chi connectivity index (χ2v) is 8.60. The van der Waals surface area contributed by atoms with Crippen molar-refractivity contribution < 1.29 is 19.1 Å². The van der Waals surface area contributed by atoms with Gasteiger partial charge in [0.05, 0.1) is 23.8 Å². The van der Waals surface area contributed by atoms with Gasteiger partial charge in [0.15, 0.2) is 0 Å². The van der Waals surface area contributed by atoms with Crippen molar-refractivity contribution in [2.45, 2.75) is 44.1 Å². The fraction of sp³-hybridized carbons (Fsp3) is 0.417. The molecule has 0 saturated carbocycles. The third kappa shape index (κ3) is 3.55. The lowest BCUT2D eigenvalue weighted by atomic mass is 9.67. The van der Waals surface area contributed by atoms with E-state index in [0.29, 0.717) is 30.7 Å². The summed E-state index contributed by atoms with van der Waals surface area (Å²) in [5.74, 6) is 0.430. The number of imide groups is 1. The number of rotatable bonds is 5. The van der Waals surface area contributed by atoms with Crippen LogP contribution in [0.3, 0.4) is 0 Å². The molecule has 1 unspecified atom stereocenters. The lowest BCUT2D eigenvalue weighted by Crippen LogP contribution is -2.46. The first-order valence-corrected chi connectivity index (χ1v) is 10.1. The molecule has 0 spiro atoms. The lowest BCUT2D eigenvalue weighted by molar-refractivity contribution is -0.0846. The Labute approximate surface area is 171 Å². The molecule has 1 atom stereocenters. The quantitative estimate of drug-likeness (QED) is 0.714. The molecule has 2 aliphatic heterocycles. The minimum atomic E-state index is -0.264. The van der Waals surface area contributed by atoms with Gasteiger partial charge in [-0.05, 0) is 62.9 Å². The lowest BCUT2D eigenvalue weighted by Gasteiger charge is -2.46. The molecule has 0 aliphatic carbocycles. The van der Waals surface area contributed by atoms with Crippen LogP contribution < -0.4 is 4.74 Å². The first-order chi connectivity index (χ1) is 13.9. The molecular formula is C24H27NO4. The topological polar surface area (TPSA) is 55.8 Å². The highest BCUT2D eigenvalue weighted by Crippen LogP contribution is 2.44. The molecule has 0 aromatic heterocycles. The van der Waals surface area contributed by atoms with Gasteiger partial charge in [0.25, 0.3) is 11.8 Å². The normalized spacial score (nSPS) is 23.2. The molecule has 0 bridgehead atoms. The summed E-state index contributed by atoms with van der Waals surface area (Å²) >= 11 is 0. The first kappa shape index (κ1) is 19.6. The SMILES string of the molecule is COc1ccc(C2(CCN3C(=O)c4ccccc4C3=O)CCOC(C)(C)C2)cc1. The van der Waals surface area contributed by atoms with E-state index in [4.69, 9.17) is 9.47 Å². The van der Waals surface area contributed by atoms with E-state index in [2.05, 4.69) is 26.0 Å². The van der Waals surface area contributed by atoms with Crippen LogP contribution in [-0.4, -0.2) is 42.6 Å². The summed E-state index contributed by atoms with van der Waals surface area (Å²) in [4.78, 5) is 27.0. The monoisotopic (exact) mass is 393 g/mol. The average molecular weight is 393 g/mol. The summed E-state index contributed by atoms with van der Waals surface area (Å²) in [6, 6.07) is 15.2. The Morgan fingerprint density at radius 2 is 1.62 bits per heavy atom. The molecular weight excluding hydrogens is 366 g/mol. The van der Waals surface area contributed by atoms with Crippen LogP contribution in [0.5, 0.6) is 5.75 Å². The summed E-state index contributed by atoms with van der Waals surface area (Å²) < 4.78 is 11.3. The van der Waals surface area contributed by atoms with Gasteiger partial charge in [-0.25, -0.2) is 0 Å². The highest BCUT2D eigenvalue weighted by Gasteiger charge is 2.44. The number of hydrogen-bond donors (Lipinski definition) is 0.